The lowest BCUT2D eigenvalue weighted by molar-refractivity contribution is -0.139. The molecule has 13 nitrogen and oxygen atoms in total. The highest BCUT2D eigenvalue weighted by Gasteiger charge is 2.30. The predicted molar refractivity (Wildman–Crippen MR) is 215 cm³/mol. The van der Waals surface area contributed by atoms with E-state index < -0.39 is 29.8 Å². The summed E-state index contributed by atoms with van der Waals surface area (Å²) in [4.78, 5) is 45.9. The number of rotatable bonds is 21. The van der Waals surface area contributed by atoms with Gasteiger partial charge in [0.2, 0.25) is 0 Å². The summed E-state index contributed by atoms with van der Waals surface area (Å²) in [5.74, 6) is -1.68. The number of likely N-dealkylation sites (N-methyl/N-ethyl adjacent to an activating group) is 1. The number of anilines is 2. The van der Waals surface area contributed by atoms with Crippen LogP contribution in [-0.2, 0) is 31.7 Å². The van der Waals surface area contributed by atoms with Gasteiger partial charge in [-0.05, 0) is 85.0 Å². The van der Waals surface area contributed by atoms with Crippen LogP contribution >= 0.6 is 0 Å². The van der Waals surface area contributed by atoms with Crippen LogP contribution in [0.5, 0.6) is 0 Å². The second-order valence-corrected chi connectivity index (χ2v) is 14.0. The summed E-state index contributed by atoms with van der Waals surface area (Å²) >= 11 is 0. The quantitative estimate of drug-likeness (QED) is 0.0545. The van der Waals surface area contributed by atoms with Gasteiger partial charge in [0.15, 0.2) is 0 Å². The zero-order valence-electron chi connectivity index (χ0n) is 32.9. The van der Waals surface area contributed by atoms with Gasteiger partial charge in [-0.25, -0.2) is 0 Å². The first kappa shape index (κ1) is 44.7. The summed E-state index contributed by atoms with van der Waals surface area (Å²) in [6.45, 7) is 3.60. The zero-order chi connectivity index (χ0) is 42.2. The maximum atomic E-state index is 13.8. The molecule has 1 fully saturated rings. The number of piperidine rings is 1. The standard InChI is InChI=1S/C43H50F3N5O8/c1-50(18-20-58-22-24-59-23-21-57-19-14-39(52)53)42(56)33-9-6-8-31(26-33)41(55)49-37-12-11-35(51-16-3-2-4-17-51)28-36(37)38-27-32(13-15-47-38)40(54)48-29-30-7-5-10-34(25-30)43(44,45)46/h5-13,15,25-28,40,48,54H,2-4,14,16-24,29H2,1H3,(H,49,55)(H,52,53). The van der Waals surface area contributed by atoms with Crippen molar-refractivity contribution < 1.29 is 52.0 Å². The first-order chi connectivity index (χ1) is 28.4. The number of aromatic nitrogens is 1. The number of hydrogen-bond donors (Lipinski definition) is 4. The molecule has 0 spiro atoms. The Hall–Kier alpha value is -5.39. The van der Waals surface area contributed by atoms with E-state index in [1.807, 2.05) is 12.1 Å². The van der Waals surface area contributed by atoms with Crippen molar-refractivity contribution in [3.63, 3.8) is 0 Å². The average molecular weight is 822 g/mol. The lowest BCUT2D eigenvalue weighted by Crippen LogP contribution is -2.30. The van der Waals surface area contributed by atoms with Crippen LogP contribution in [0, 0.1) is 0 Å². The van der Waals surface area contributed by atoms with Gasteiger partial charge in [-0.1, -0.05) is 24.3 Å². The highest BCUT2D eigenvalue weighted by Crippen LogP contribution is 2.34. The predicted octanol–water partition coefficient (Wildman–Crippen LogP) is 6.39. The summed E-state index contributed by atoms with van der Waals surface area (Å²) in [5.41, 5.74) is 3.02. The fourth-order valence-electron chi connectivity index (χ4n) is 6.37. The number of ether oxygens (including phenoxy) is 3. The topological polar surface area (TPSA) is 163 Å². The van der Waals surface area contributed by atoms with Gasteiger partial charge in [-0.15, -0.1) is 0 Å². The first-order valence-electron chi connectivity index (χ1n) is 19.4. The number of amides is 2. The van der Waals surface area contributed by atoms with E-state index in [1.165, 1.54) is 23.2 Å². The van der Waals surface area contributed by atoms with Crippen LogP contribution in [0.1, 0.15) is 69.3 Å². The Kier molecular flexibility index (Phi) is 16.8. The fourth-order valence-corrected chi connectivity index (χ4v) is 6.37. The van der Waals surface area contributed by atoms with Crippen molar-refractivity contribution in [2.45, 2.75) is 44.6 Å². The average Bonchev–Trinajstić information content (AvgIpc) is 3.24. The molecule has 0 bridgehead atoms. The van der Waals surface area contributed by atoms with Gasteiger partial charge in [-0.2, -0.15) is 13.2 Å². The van der Waals surface area contributed by atoms with Gasteiger partial charge in [0, 0.05) is 61.8 Å². The van der Waals surface area contributed by atoms with Gasteiger partial charge in [-0.3, -0.25) is 24.7 Å². The van der Waals surface area contributed by atoms with Gasteiger partial charge >= 0.3 is 12.1 Å². The SMILES string of the molecule is CN(CCOCCOCCOCCC(=O)O)C(=O)c1cccc(C(=O)Nc2ccc(N3CCCCC3)cc2-c2cc(C(O)NCc3cccc(C(F)(F)F)c3)ccn2)c1. The number of benzene rings is 3. The molecule has 3 aromatic carbocycles. The first-order valence-corrected chi connectivity index (χ1v) is 19.4. The van der Waals surface area contributed by atoms with E-state index >= 15 is 0 Å². The zero-order valence-corrected chi connectivity index (χ0v) is 32.9. The highest BCUT2D eigenvalue weighted by atomic mass is 19.4. The molecule has 1 aliphatic rings. The summed E-state index contributed by atoms with van der Waals surface area (Å²) in [6, 6.07) is 20.2. The Bertz CT molecular complexity index is 2010. The molecule has 316 valence electrons. The van der Waals surface area contributed by atoms with E-state index in [1.54, 1.807) is 49.5 Å². The molecule has 1 atom stereocenters. The van der Waals surface area contributed by atoms with Crippen molar-refractivity contribution in [2.24, 2.45) is 0 Å². The Morgan fingerprint density at radius 1 is 0.847 bits per heavy atom. The maximum Gasteiger partial charge on any atom is 0.416 e. The normalized spacial score (nSPS) is 13.5. The lowest BCUT2D eigenvalue weighted by Gasteiger charge is -2.29. The molecule has 59 heavy (non-hydrogen) atoms. The van der Waals surface area contributed by atoms with E-state index in [2.05, 4.69) is 20.5 Å². The molecule has 4 N–H and O–H groups in total. The summed E-state index contributed by atoms with van der Waals surface area (Å²) in [7, 11) is 1.64. The molecule has 0 radical (unpaired) electrons. The summed E-state index contributed by atoms with van der Waals surface area (Å²) < 4.78 is 55.9. The number of carboxylic acids is 1. The Labute approximate surface area is 341 Å². The minimum atomic E-state index is -4.48. The monoisotopic (exact) mass is 821 g/mol. The van der Waals surface area contributed by atoms with E-state index in [0.717, 1.165) is 50.2 Å². The molecule has 4 aromatic rings. The summed E-state index contributed by atoms with van der Waals surface area (Å²) in [6.07, 6.45) is -1.02. The number of pyridine rings is 1. The smallest absolute Gasteiger partial charge is 0.416 e. The molecule has 0 saturated carbocycles. The third-order valence-corrected chi connectivity index (χ3v) is 9.60. The molecule has 2 amide bonds. The third kappa shape index (κ3) is 13.9. The van der Waals surface area contributed by atoms with Crippen LogP contribution < -0.4 is 15.5 Å². The van der Waals surface area contributed by atoms with Crippen LogP contribution in [0.3, 0.4) is 0 Å². The fraction of sp³-hybridized carbons (Fsp3) is 0.395. The molecular weight excluding hydrogens is 771 g/mol. The van der Waals surface area contributed by atoms with Gasteiger partial charge in [0.05, 0.1) is 63.0 Å². The Balaban J connectivity index is 1.22. The largest absolute Gasteiger partial charge is 0.481 e. The number of carboxylic acid groups (broad SMARTS) is 1. The van der Waals surface area contributed by atoms with E-state index in [0.29, 0.717) is 60.0 Å². The molecular formula is C43H50F3N5O8. The molecule has 16 heteroatoms. The number of halogens is 3. The Morgan fingerprint density at radius 3 is 2.27 bits per heavy atom. The second kappa shape index (κ2) is 22.1. The van der Waals surface area contributed by atoms with Crippen LogP contribution in [0.15, 0.2) is 85.1 Å². The van der Waals surface area contributed by atoms with Crippen molar-refractivity contribution >= 4 is 29.2 Å². The number of nitrogens with one attached hydrogen (secondary N) is 2. The number of aliphatic carboxylic acids is 1. The van der Waals surface area contributed by atoms with E-state index in [-0.39, 0.29) is 44.3 Å². The number of aliphatic hydroxyl groups is 1. The van der Waals surface area contributed by atoms with Crippen LogP contribution in [0.2, 0.25) is 0 Å². The number of aliphatic hydroxyl groups excluding tert-OH is 1. The molecule has 1 saturated heterocycles. The number of hydrogen-bond acceptors (Lipinski definition) is 10. The number of nitrogens with zero attached hydrogens (tertiary/aromatic N) is 3. The van der Waals surface area contributed by atoms with Gasteiger partial charge in [0.25, 0.3) is 11.8 Å². The molecule has 0 aliphatic carbocycles. The minimum Gasteiger partial charge on any atom is -0.481 e. The van der Waals surface area contributed by atoms with E-state index in [9.17, 15) is 32.7 Å². The van der Waals surface area contributed by atoms with Crippen molar-refractivity contribution in [2.75, 3.05) is 76.5 Å². The Morgan fingerprint density at radius 2 is 1.54 bits per heavy atom. The maximum absolute atomic E-state index is 13.8. The molecule has 2 heterocycles. The molecule has 1 aliphatic heterocycles. The van der Waals surface area contributed by atoms with Crippen LogP contribution in [0.25, 0.3) is 11.3 Å². The lowest BCUT2D eigenvalue weighted by atomic mass is 10.0. The van der Waals surface area contributed by atoms with Crippen LogP contribution in [-0.4, -0.2) is 104 Å². The van der Waals surface area contributed by atoms with Gasteiger partial charge < -0.3 is 39.5 Å². The molecule has 1 unspecified atom stereocenters. The molecule has 5 rings (SSSR count). The van der Waals surface area contributed by atoms with Gasteiger partial charge in [0.1, 0.15) is 6.23 Å². The third-order valence-electron chi connectivity index (χ3n) is 9.60. The highest BCUT2D eigenvalue weighted by molar-refractivity contribution is 6.08. The second-order valence-electron chi connectivity index (χ2n) is 14.0. The number of carbonyl (C=O) groups is 3. The number of carbonyl (C=O) groups excluding carboxylic acids is 2. The number of alkyl halides is 3. The van der Waals surface area contributed by atoms with Crippen molar-refractivity contribution in [3.05, 3.63) is 113 Å². The summed E-state index contributed by atoms with van der Waals surface area (Å²) in [5, 5.41) is 25.5. The van der Waals surface area contributed by atoms with E-state index in [4.69, 9.17) is 19.3 Å². The van der Waals surface area contributed by atoms with Crippen LogP contribution in [0.4, 0.5) is 24.5 Å². The van der Waals surface area contributed by atoms with Crippen molar-refractivity contribution in [1.82, 2.24) is 15.2 Å². The van der Waals surface area contributed by atoms with Crippen molar-refractivity contribution in [3.8, 4) is 11.3 Å². The minimum absolute atomic E-state index is 0.0214. The molecule has 1 aromatic heterocycles. The van der Waals surface area contributed by atoms with Crippen molar-refractivity contribution in [1.29, 1.82) is 0 Å².